The summed E-state index contributed by atoms with van der Waals surface area (Å²) in [7, 11) is 3.90. The summed E-state index contributed by atoms with van der Waals surface area (Å²) in [4.78, 5) is 22.2. The normalized spacial score (nSPS) is 11.9. The molecule has 0 radical (unpaired) electrons. The zero-order chi connectivity index (χ0) is 27.6. The van der Waals surface area contributed by atoms with Gasteiger partial charge in [-0.25, -0.2) is 14.7 Å². The van der Waals surface area contributed by atoms with Crippen LogP contribution in [0.1, 0.15) is 38.7 Å². The molecule has 3 heterocycles. The quantitative estimate of drug-likeness (QED) is 0.281. The number of aromatic nitrogens is 7. The largest absolute Gasteiger partial charge is 0.455 e. The number of hydrogen-bond acceptors (Lipinski definition) is 8. The van der Waals surface area contributed by atoms with Crippen molar-refractivity contribution in [3.8, 4) is 11.9 Å². The van der Waals surface area contributed by atoms with E-state index in [0.717, 1.165) is 4.80 Å². The Morgan fingerprint density at radius 3 is 2.68 bits per heavy atom. The molecular formula is C22H17ClF3N10OP. The van der Waals surface area contributed by atoms with Gasteiger partial charge in [-0.2, -0.15) is 28.3 Å². The number of carbonyl (C=O) groups is 1. The predicted octanol–water partition coefficient (Wildman–Crippen LogP) is 3.47. The number of pyridine rings is 1. The molecule has 3 aromatic heterocycles. The third-order valence-corrected chi connectivity index (χ3v) is 5.83. The molecule has 4 aromatic rings. The Labute approximate surface area is 220 Å². The number of alkyl halides is 3. The summed E-state index contributed by atoms with van der Waals surface area (Å²) < 4.78 is 40.1. The monoisotopic (exact) mass is 560 g/mol. The first-order valence-corrected chi connectivity index (χ1v) is 11.6. The maximum Gasteiger partial charge on any atom is 0.455 e. The van der Waals surface area contributed by atoms with E-state index in [-0.39, 0.29) is 34.2 Å². The second-order valence-electron chi connectivity index (χ2n) is 7.76. The smallest absolute Gasteiger partial charge is 0.355 e. The Morgan fingerprint density at radius 1 is 1.29 bits per heavy atom. The number of aryl methyl sites for hydroxylation is 1. The van der Waals surface area contributed by atoms with E-state index in [1.54, 1.807) is 31.2 Å². The van der Waals surface area contributed by atoms with Gasteiger partial charge in [0.05, 0.1) is 44.7 Å². The van der Waals surface area contributed by atoms with E-state index in [1.165, 1.54) is 24.0 Å². The second-order valence-corrected chi connectivity index (χ2v) is 8.71. The molecule has 0 aliphatic rings. The zero-order valence-electron chi connectivity index (χ0n) is 19.7. The van der Waals surface area contributed by atoms with Gasteiger partial charge in [-0.15, -0.1) is 10.2 Å². The van der Waals surface area contributed by atoms with Gasteiger partial charge in [-0.1, -0.05) is 20.8 Å². The van der Waals surface area contributed by atoms with Crippen LogP contribution in [-0.2, 0) is 12.7 Å². The molecule has 16 heteroatoms. The molecule has 0 saturated carbocycles. The molecule has 1 aromatic carbocycles. The first kappa shape index (κ1) is 26.8. The predicted molar refractivity (Wildman–Crippen MR) is 133 cm³/mol. The highest BCUT2D eigenvalue weighted by molar-refractivity contribution is 7.42. The minimum Gasteiger partial charge on any atom is -0.355 e. The molecule has 0 saturated heterocycles. The summed E-state index contributed by atoms with van der Waals surface area (Å²) in [5.74, 6) is -1.59. The Balaban J connectivity index is 1.84. The summed E-state index contributed by atoms with van der Waals surface area (Å²) >= 11 is 6.34. The van der Waals surface area contributed by atoms with E-state index in [9.17, 15) is 23.2 Å². The lowest BCUT2D eigenvalue weighted by Gasteiger charge is -2.11. The molecule has 1 N–H and O–H groups in total. The van der Waals surface area contributed by atoms with Gasteiger partial charge < -0.3 is 5.32 Å². The fourth-order valence-electron chi connectivity index (χ4n) is 3.43. The van der Waals surface area contributed by atoms with Crippen molar-refractivity contribution in [2.24, 2.45) is 4.99 Å². The molecule has 4 rings (SSSR count). The molecule has 11 nitrogen and oxygen atoms in total. The maximum absolute atomic E-state index is 12.9. The number of carbonyl (C=O) groups excluding carboxylic acids is 1. The molecule has 1 atom stereocenters. The van der Waals surface area contributed by atoms with E-state index in [4.69, 9.17) is 11.6 Å². The maximum atomic E-state index is 12.9. The SMILES string of the molecule is CNC(=O)c1cc(C#N)cc(C)c1N=C(P)c1cc(Cn2nnc(C(F)(F)F)n2)nn1-c1ncccc1Cl. The molecule has 38 heavy (non-hydrogen) atoms. The van der Waals surface area contributed by atoms with Gasteiger partial charge in [0.2, 0.25) is 0 Å². The van der Waals surface area contributed by atoms with Gasteiger partial charge in [0, 0.05) is 13.2 Å². The number of halogens is 4. The third kappa shape index (κ3) is 5.53. The van der Waals surface area contributed by atoms with Gasteiger partial charge in [-0.3, -0.25) is 4.79 Å². The van der Waals surface area contributed by atoms with E-state index < -0.39 is 17.9 Å². The van der Waals surface area contributed by atoms with Crippen LogP contribution in [0, 0.1) is 18.3 Å². The molecule has 0 aliphatic carbocycles. The highest BCUT2D eigenvalue weighted by Crippen LogP contribution is 2.30. The van der Waals surface area contributed by atoms with Crippen molar-refractivity contribution in [1.29, 1.82) is 5.26 Å². The van der Waals surface area contributed by atoms with Crippen molar-refractivity contribution in [1.82, 2.24) is 40.3 Å². The Morgan fingerprint density at radius 2 is 2.05 bits per heavy atom. The van der Waals surface area contributed by atoms with Crippen LogP contribution >= 0.6 is 20.8 Å². The van der Waals surface area contributed by atoms with Crippen molar-refractivity contribution >= 4 is 37.9 Å². The van der Waals surface area contributed by atoms with Gasteiger partial charge in [0.25, 0.3) is 11.7 Å². The number of nitrogens with one attached hydrogen (secondary N) is 1. The van der Waals surface area contributed by atoms with Crippen molar-refractivity contribution in [3.63, 3.8) is 0 Å². The van der Waals surface area contributed by atoms with E-state index in [2.05, 4.69) is 45.0 Å². The van der Waals surface area contributed by atoms with E-state index >= 15 is 0 Å². The van der Waals surface area contributed by atoms with Crippen LogP contribution in [0.5, 0.6) is 0 Å². The van der Waals surface area contributed by atoms with Crippen LogP contribution in [0.4, 0.5) is 18.9 Å². The molecule has 1 amide bonds. The van der Waals surface area contributed by atoms with Crippen LogP contribution in [0.2, 0.25) is 5.02 Å². The topological polar surface area (TPSA) is 140 Å². The van der Waals surface area contributed by atoms with Crippen molar-refractivity contribution < 1.29 is 18.0 Å². The van der Waals surface area contributed by atoms with Crippen LogP contribution in [0.15, 0.2) is 41.5 Å². The van der Waals surface area contributed by atoms with Crippen LogP contribution < -0.4 is 5.32 Å². The lowest BCUT2D eigenvalue weighted by molar-refractivity contribution is -0.145. The summed E-state index contributed by atoms with van der Waals surface area (Å²) in [5.41, 5.74) is 2.25. The highest BCUT2D eigenvalue weighted by atomic mass is 35.5. The first-order chi connectivity index (χ1) is 18.0. The number of nitriles is 1. The number of rotatable bonds is 6. The van der Waals surface area contributed by atoms with Crippen LogP contribution in [0.3, 0.4) is 0 Å². The number of benzene rings is 1. The fourth-order valence-corrected chi connectivity index (χ4v) is 3.97. The van der Waals surface area contributed by atoms with E-state index in [0.29, 0.717) is 22.4 Å². The van der Waals surface area contributed by atoms with Gasteiger partial charge in [0.1, 0.15) is 6.54 Å². The minimum absolute atomic E-state index is 0.178. The molecule has 0 spiro atoms. The molecule has 194 valence electrons. The minimum atomic E-state index is -4.74. The Hall–Kier alpha value is -4.21. The van der Waals surface area contributed by atoms with Crippen molar-refractivity contribution in [2.75, 3.05) is 7.05 Å². The summed E-state index contributed by atoms with van der Waals surface area (Å²) in [6.45, 7) is 1.46. The number of amides is 1. The second kappa shape index (κ2) is 10.6. The van der Waals surface area contributed by atoms with Crippen molar-refractivity contribution in [3.05, 3.63) is 75.5 Å². The van der Waals surface area contributed by atoms with E-state index in [1.807, 2.05) is 6.07 Å². The number of hydrogen-bond donors (Lipinski definition) is 1. The molecule has 1 unspecified atom stereocenters. The average molecular weight is 561 g/mol. The lowest BCUT2D eigenvalue weighted by atomic mass is 10.0. The van der Waals surface area contributed by atoms with Crippen LogP contribution in [0.25, 0.3) is 5.82 Å². The van der Waals surface area contributed by atoms with Crippen LogP contribution in [-0.4, -0.2) is 53.4 Å². The highest BCUT2D eigenvalue weighted by Gasteiger charge is 2.36. The molecule has 0 bridgehead atoms. The molecule has 0 aliphatic heterocycles. The Bertz CT molecular complexity index is 1610. The average Bonchev–Trinajstić information content (AvgIpc) is 3.52. The Kier molecular flexibility index (Phi) is 7.52. The van der Waals surface area contributed by atoms with Gasteiger partial charge in [-0.05, 0) is 48.0 Å². The van der Waals surface area contributed by atoms with Gasteiger partial charge in [0.15, 0.2) is 5.82 Å². The number of tetrazole rings is 1. The zero-order valence-corrected chi connectivity index (χ0v) is 21.6. The summed E-state index contributed by atoms with van der Waals surface area (Å²) in [6, 6.07) is 9.80. The number of nitrogens with zero attached hydrogens (tertiary/aromatic N) is 9. The first-order valence-electron chi connectivity index (χ1n) is 10.7. The summed E-state index contributed by atoms with van der Waals surface area (Å²) in [6.07, 6.45) is -3.25. The van der Waals surface area contributed by atoms with Crippen molar-refractivity contribution in [2.45, 2.75) is 19.6 Å². The summed E-state index contributed by atoms with van der Waals surface area (Å²) in [5, 5.41) is 26.4. The molecular weight excluding hydrogens is 544 g/mol. The lowest BCUT2D eigenvalue weighted by Crippen LogP contribution is -2.18. The standard InChI is InChI=1S/C22H17ClF3N10OP/c1-11-6-12(9-27)7-14(19(37)28-2)17(11)30-20(38)16-8-13(10-35-33-21(31-34-35)22(24,25)26)32-36(16)18-15(23)4-3-5-29-18/h3-8H,10,38H2,1-2H3,(H,28,37). The molecule has 0 fully saturated rings. The third-order valence-electron chi connectivity index (χ3n) is 5.11. The fraction of sp³-hybridized carbons (Fsp3) is 0.182. The number of aliphatic imine (C=N–C) groups is 1. The van der Waals surface area contributed by atoms with Gasteiger partial charge >= 0.3 is 6.18 Å².